The Labute approximate surface area is 168 Å². The van der Waals surface area contributed by atoms with Gasteiger partial charge in [0.05, 0.1) is 6.54 Å². The Morgan fingerprint density at radius 1 is 1.24 bits per heavy atom. The zero-order chi connectivity index (χ0) is 17.4. The van der Waals surface area contributed by atoms with E-state index in [1.54, 1.807) is 0 Å². The molecule has 1 amide bonds. The highest BCUT2D eigenvalue weighted by atomic mass is 127. The minimum atomic E-state index is 0. The van der Waals surface area contributed by atoms with Crippen LogP contribution in [-0.2, 0) is 11.3 Å². The van der Waals surface area contributed by atoms with Crippen LogP contribution < -0.4 is 5.32 Å². The topological polar surface area (TPSA) is 47.9 Å². The van der Waals surface area contributed by atoms with E-state index in [1.165, 1.54) is 11.1 Å². The van der Waals surface area contributed by atoms with Gasteiger partial charge in [-0.05, 0) is 32.3 Å². The first-order valence-electron chi connectivity index (χ1n) is 8.93. The van der Waals surface area contributed by atoms with Gasteiger partial charge < -0.3 is 15.1 Å². The Morgan fingerprint density at radius 2 is 1.88 bits per heavy atom. The van der Waals surface area contributed by atoms with Crippen LogP contribution in [0.2, 0.25) is 0 Å². The van der Waals surface area contributed by atoms with Crippen LogP contribution in [-0.4, -0.2) is 54.9 Å². The number of carbonyl (C=O) groups excluding carboxylic acids is 1. The number of nitrogens with one attached hydrogen (secondary N) is 1. The van der Waals surface area contributed by atoms with Crippen LogP contribution in [0.25, 0.3) is 0 Å². The van der Waals surface area contributed by atoms with Crippen molar-refractivity contribution in [1.29, 1.82) is 0 Å². The van der Waals surface area contributed by atoms with E-state index >= 15 is 0 Å². The summed E-state index contributed by atoms with van der Waals surface area (Å²) in [6.07, 6.45) is 2.77. The molecule has 1 aliphatic heterocycles. The van der Waals surface area contributed by atoms with Gasteiger partial charge in [0.1, 0.15) is 0 Å². The van der Waals surface area contributed by atoms with Gasteiger partial charge >= 0.3 is 0 Å². The number of benzene rings is 1. The minimum absolute atomic E-state index is 0. The Bertz CT molecular complexity index is 553. The molecule has 0 aliphatic carbocycles. The first kappa shape index (κ1) is 21.7. The van der Waals surface area contributed by atoms with E-state index in [4.69, 9.17) is 0 Å². The van der Waals surface area contributed by atoms with Gasteiger partial charge in [-0.1, -0.05) is 29.8 Å². The lowest BCUT2D eigenvalue weighted by Crippen LogP contribution is -2.38. The number of hydrogen-bond acceptors (Lipinski definition) is 2. The molecule has 1 fully saturated rings. The van der Waals surface area contributed by atoms with E-state index in [-0.39, 0.29) is 29.9 Å². The average Bonchev–Trinajstić information content (AvgIpc) is 3.10. The molecule has 0 saturated carbocycles. The van der Waals surface area contributed by atoms with Crippen LogP contribution in [0.1, 0.15) is 37.3 Å². The molecule has 25 heavy (non-hydrogen) atoms. The predicted octanol–water partition coefficient (Wildman–Crippen LogP) is 3.02. The molecule has 2 rings (SSSR count). The summed E-state index contributed by atoms with van der Waals surface area (Å²) in [6.45, 7) is 8.13. The maximum Gasteiger partial charge on any atom is 0.224 e. The fourth-order valence-electron chi connectivity index (χ4n) is 2.89. The summed E-state index contributed by atoms with van der Waals surface area (Å²) in [5.74, 6) is 1.08. The molecular weight excluding hydrogens is 427 g/mol. The van der Waals surface area contributed by atoms with E-state index in [1.807, 2.05) is 11.9 Å². The molecule has 6 heteroatoms. The highest BCUT2D eigenvalue weighted by molar-refractivity contribution is 14.0. The van der Waals surface area contributed by atoms with Crippen LogP contribution in [0.4, 0.5) is 0 Å². The molecule has 1 saturated heterocycles. The van der Waals surface area contributed by atoms with Crippen molar-refractivity contribution in [1.82, 2.24) is 15.1 Å². The van der Waals surface area contributed by atoms with Crippen molar-refractivity contribution in [3.8, 4) is 0 Å². The van der Waals surface area contributed by atoms with Crippen LogP contribution >= 0.6 is 24.0 Å². The molecule has 0 unspecified atom stereocenters. The predicted molar refractivity (Wildman–Crippen MR) is 114 cm³/mol. The Morgan fingerprint density at radius 3 is 2.48 bits per heavy atom. The van der Waals surface area contributed by atoms with Gasteiger partial charge in [0.15, 0.2) is 5.96 Å². The Balaban J connectivity index is 0.00000312. The second kappa shape index (κ2) is 11.3. The summed E-state index contributed by atoms with van der Waals surface area (Å²) in [7, 11) is 2.03. The van der Waals surface area contributed by atoms with Crippen LogP contribution in [0.3, 0.4) is 0 Å². The second-order valence-corrected chi connectivity index (χ2v) is 6.42. The van der Waals surface area contributed by atoms with Crippen LogP contribution in [0.5, 0.6) is 0 Å². The first-order chi connectivity index (χ1) is 11.6. The van der Waals surface area contributed by atoms with Crippen molar-refractivity contribution in [2.24, 2.45) is 4.99 Å². The number of aryl methyl sites for hydroxylation is 1. The summed E-state index contributed by atoms with van der Waals surface area (Å²) in [4.78, 5) is 20.8. The highest BCUT2D eigenvalue weighted by Crippen LogP contribution is 2.09. The number of hydrogen-bond donors (Lipinski definition) is 1. The van der Waals surface area contributed by atoms with E-state index in [9.17, 15) is 4.79 Å². The molecule has 1 aromatic carbocycles. The number of amides is 1. The molecule has 0 bridgehead atoms. The van der Waals surface area contributed by atoms with Gasteiger partial charge in [-0.3, -0.25) is 9.79 Å². The SMILES string of the molecule is CCNC(=NCCC(=O)N1CCCC1)N(C)Cc1ccc(C)cc1.I. The lowest BCUT2D eigenvalue weighted by atomic mass is 10.1. The average molecular weight is 458 g/mol. The van der Waals surface area contributed by atoms with Crippen molar-refractivity contribution >= 4 is 35.8 Å². The monoisotopic (exact) mass is 458 g/mol. The standard InChI is InChI=1S/C19H30N4O.HI/c1-4-20-19(21-12-11-18(24)23-13-5-6-14-23)22(3)15-17-9-7-16(2)8-10-17;/h7-10H,4-6,11-15H2,1-3H3,(H,20,21);1H. The summed E-state index contributed by atoms with van der Waals surface area (Å²) < 4.78 is 0. The molecule has 0 atom stereocenters. The Kier molecular flexibility index (Phi) is 9.85. The van der Waals surface area contributed by atoms with Crippen molar-refractivity contribution in [2.45, 2.75) is 39.7 Å². The van der Waals surface area contributed by atoms with Gasteiger partial charge in [-0.15, -0.1) is 24.0 Å². The normalized spacial score (nSPS) is 14.2. The summed E-state index contributed by atoms with van der Waals surface area (Å²) in [5.41, 5.74) is 2.52. The van der Waals surface area contributed by atoms with Crippen LogP contribution in [0, 0.1) is 6.92 Å². The second-order valence-electron chi connectivity index (χ2n) is 6.42. The molecule has 0 spiro atoms. The van der Waals surface area contributed by atoms with Gasteiger partial charge in [0, 0.05) is 39.6 Å². The fourth-order valence-corrected chi connectivity index (χ4v) is 2.89. The molecule has 0 radical (unpaired) electrons. The summed E-state index contributed by atoms with van der Waals surface area (Å²) in [5, 5.41) is 3.31. The summed E-state index contributed by atoms with van der Waals surface area (Å²) in [6, 6.07) is 8.54. The maximum atomic E-state index is 12.1. The number of guanidine groups is 1. The van der Waals surface area contributed by atoms with Crippen molar-refractivity contribution in [2.75, 3.05) is 33.2 Å². The zero-order valence-corrected chi connectivity index (χ0v) is 18.0. The third kappa shape index (κ3) is 7.22. The molecule has 0 aromatic heterocycles. The van der Waals surface area contributed by atoms with Crippen molar-refractivity contribution < 1.29 is 4.79 Å². The van der Waals surface area contributed by atoms with E-state index < -0.39 is 0 Å². The third-order valence-corrected chi connectivity index (χ3v) is 4.28. The lowest BCUT2D eigenvalue weighted by molar-refractivity contribution is -0.129. The van der Waals surface area contributed by atoms with Crippen molar-refractivity contribution in [3.05, 3.63) is 35.4 Å². The molecule has 1 aromatic rings. The van der Waals surface area contributed by atoms with Crippen LogP contribution in [0.15, 0.2) is 29.3 Å². The number of halogens is 1. The van der Waals surface area contributed by atoms with Gasteiger partial charge in [-0.2, -0.15) is 0 Å². The lowest BCUT2D eigenvalue weighted by Gasteiger charge is -2.22. The van der Waals surface area contributed by atoms with Gasteiger partial charge in [-0.25, -0.2) is 0 Å². The molecule has 5 nitrogen and oxygen atoms in total. The molecular formula is C19H31IN4O. The Hall–Kier alpha value is -1.31. The third-order valence-electron chi connectivity index (χ3n) is 4.28. The van der Waals surface area contributed by atoms with Gasteiger partial charge in [0.2, 0.25) is 5.91 Å². The number of likely N-dealkylation sites (tertiary alicyclic amines) is 1. The molecule has 1 heterocycles. The quantitative estimate of drug-likeness (QED) is 0.405. The van der Waals surface area contributed by atoms with Gasteiger partial charge in [0.25, 0.3) is 0 Å². The number of nitrogens with zero attached hydrogens (tertiary/aromatic N) is 3. The van der Waals surface area contributed by atoms with Crippen molar-refractivity contribution in [3.63, 3.8) is 0 Å². The molecule has 1 aliphatic rings. The van der Waals surface area contributed by atoms with E-state index in [2.05, 4.69) is 53.3 Å². The maximum absolute atomic E-state index is 12.1. The fraction of sp³-hybridized carbons (Fsp3) is 0.579. The highest BCUT2D eigenvalue weighted by Gasteiger charge is 2.17. The van der Waals surface area contributed by atoms with E-state index in [0.717, 1.165) is 45.0 Å². The smallest absolute Gasteiger partial charge is 0.224 e. The summed E-state index contributed by atoms with van der Waals surface area (Å²) >= 11 is 0. The number of rotatable bonds is 6. The molecule has 1 N–H and O–H groups in total. The first-order valence-corrected chi connectivity index (χ1v) is 8.93. The number of carbonyl (C=O) groups is 1. The largest absolute Gasteiger partial charge is 0.357 e. The number of aliphatic imine (C=N–C) groups is 1. The van der Waals surface area contributed by atoms with E-state index in [0.29, 0.717) is 13.0 Å². The minimum Gasteiger partial charge on any atom is -0.357 e. The molecule has 140 valence electrons. The zero-order valence-electron chi connectivity index (χ0n) is 15.6.